The molecule has 1 aliphatic heterocycles. The Balaban J connectivity index is 1.13. The van der Waals surface area contributed by atoms with Gasteiger partial charge in [-0.1, -0.05) is 61.3 Å². The van der Waals surface area contributed by atoms with Crippen LogP contribution in [0.15, 0.2) is 48.5 Å². The SMILES string of the molecule is CC(Cc1ccc(C(=O)N(C)C)c(Cl)c1)C[C@@H]1CC12CCN(C(=O)C1(c3ccccc3)CCC1)CC2. The highest BCUT2D eigenvalue weighted by molar-refractivity contribution is 6.33. The Labute approximate surface area is 221 Å². The van der Waals surface area contributed by atoms with E-state index in [0.717, 1.165) is 57.5 Å². The van der Waals surface area contributed by atoms with E-state index < -0.39 is 0 Å². The Kier molecular flexibility index (Phi) is 6.93. The number of halogens is 1. The molecule has 1 unspecified atom stereocenters. The fourth-order valence-electron chi connectivity index (χ4n) is 6.82. The smallest absolute Gasteiger partial charge is 0.254 e. The molecule has 0 bridgehead atoms. The number of benzene rings is 2. The van der Waals surface area contributed by atoms with Gasteiger partial charge in [-0.3, -0.25) is 9.59 Å². The predicted molar refractivity (Wildman–Crippen MR) is 145 cm³/mol. The maximum Gasteiger partial charge on any atom is 0.254 e. The van der Waals surface area contributed by atoms with Crippen molar-refractivity contribution in [2.45, 2.75) is 63.7 Å². The molecule has 2 aromatic carbocycles. The predicted octanol–water partition coefficient (Wildman–Crippen LogP) is 6.36. The van der Waals surface area contributed by atoms with Crippen LogP contribution in [-0.2, 0) is 16.6 Å². The van der Waals surface area contributed by atoms with E-state index >= 15 is 0 Å². The summed E-state index contributed by atoms with van der Waals surface area (Å²) in [6, 6.07) is 16.3. The van der Waals surface area contributed by atoms with Crippen LogP contribution in [0.2, 0.25) is 5.02 Å². The molecule has 1 saturated heterocycles. The number of likely N-dealkylation sites (tertiary alicyclic amines) is 1. The molecule has 3 aliphatic rings. The van der Waals surface area contributed by atoms with Gasteiger partial charge in [0.25, 0.3) is 5.91 Å². The van der Waals surface area contributed by atoms with E-state index in [1.807, 2.05) is 18.2 Å². The van der Waals surface area contributed by atoms with E-state index in [0.29, 0.717) is 27.8 Å². The molecule has 3 fully saturated rings. The molecule has 36 heavy (non-hydrogen) atoms. The van der Waals surface area contributed by atoms with Crippen LogP contribution in [0.25, 0.3) is 0 Å². The summed E-state index contributed by atoms with van der Waals surface area (Å²) in [5.41, 5.74) is 3.15. The molecule has 2 aromatic rings. The van der Waals surface area contributed by atoms with Crippen LogP contribution < -0.4 is 0 Å². The van der Waals surface area contributed by atoms with Gasteiger partial charge < -0.3 is 9.80 Å². The molecule has 0 radical (unpaired) electrons. The Morgan fingerprint density at radius 2 is 1.75 bits per heavy atom. The number of hydrogen-bond acceptors (Lipinski definition) is 2. The maximum atomic E-state index is 13.6. The first kappa shape index (κ1) is 25.3. The van der Waals surface area contributed by atoms with Gasteiger partial charge in [-0.25, -0.2) is 0 Å². The molecule has 1 heterocycles. The zero-order chi connectivity index (χ0) is 25.5. The summed E-state index contributed by atoms with van der Waals surface area (Å²) < 4.78 is 0. The van der Waals surface area contributed by atoms with Crippen molar-refractivity contribution in [2.75, 3.05) is 27.2 Å². The quantitative estimate of drug-likeness (QED) is 0.438. The van der Waals surface area contributed by atoms with Crippen LogP contribution in [0.1, 0.15) is 73.4 Å². The molecule has 1 spiro atoms. The van der Waals surface area contributed by atoms with E-state index in [2.05, 4.69) is 42.2 Å². The van der Waals surface area contributed by atoms with Gasteiger partial charge >= 0.3 is 0 Å². The maximum absolute atomic E-state index is 13.6. The van der Waals surface area contributed by atoms with E-state index in [1.165, 1.54) is 24.0 Å². The number of carbonyl (C=O) groups excluding carboxylic acids is 2. The van der Waals surface area contributed by atoms with Crippen LogP contribution in [0.4, 0.5) is 0 Å². The molecule has 4 nitrogen and oxygen atoms in total. The van der Waals surface area contributed by atoms with Crippen LogP contribution in [0, 0.1) is 17.3 Å². The van der Waals surface area contributed by atoms with Crippen molar-refractivity contribution < 1.29 is 9.59 Å². The average molecular weight is 507 g/mol. The van der Waals surface area contributed by atoms with E-state index in [9.17, 15) is 9.59 Å². The minimum absolute atomic E-state index is 0.0589. The Hall–Kier alpha value is -2.33. The number of amides is 2. The highest BCUT2D eigenvalue weighted by Crippen LogP contribution is 2.62. The summed E-state index contributed by atoms with van der Waals surface area (Å²) in [5, 5.41) is 0.540. The van der Waals surface area contributed by atoms with Crippen molar-refractivity contribution in [2.24, 2.45) is 17.3 Å². The summed E-state index contributed by atoms with van der Waals surface area (Å²) in [7, 11) is 3.49. The number of hydrogen-bond donors (Lipinski definition) is 0. The van der Waals surface area contributed by atoms with Crippen molar-refractivity contribution in [1.82, 2.24) is 9.80 Å². The van der Waals surface area contributed by atoms with Crippen LogP contribution >= 0.6 is 11.6 Å². The van der Waals surface area contributed by atoms with Gasteiger partial charge in [0, 0.05) is 27.2 Å². The van der Waals surface area contributed by atoms with Crippen molar-refractivity contribution in [3.63, 3.8) is 0 Å². The third kappa shape index (κ3) is 4.69. The molecule has 0 aromatic heterocycles. The minimum atomic E-state index is -0.267. The fraction of sp³-hybridized carbons (Fsp3) is 0.548. The topological polar surface area (TPSA) is 40.6 Å². The molecular formula is C31H39ClN2O2. The third-order valence-corrected chi connectivity index (χ3v) is 9.60. The fourth-order valence-corrected chi connectivity index (χ4v) is 7.10. The number of piperidine rings is 1. The zero-order valence-corrected chi connectivity index (χ0v) is 22.7. The van der Waals surface area contributed by atoms with E-state index in [-0.39, 0.29) is 11.3 Å². The van der Waals surface area contributed by atoms with Crippen LogP contribution in [-0.4, -0.2) is 48.8 Å². The highest BCUT2D eigenvalue weighted by Gasteiger charge is 2.56. The molecule has 2 atom stereocenters. The summed E-state index contributed by atoms with van der Waals surface area (Å²) in [6.45, 7) is 4.15. The lowest BCUT2D eigenvalue weighted by atomic mass is 9.63. The third-order valence-electron chi connectivity index (χ3n) is 9.29. The lowest BCUT2D eigenvalue weighted by Crippen LogP contribution is -2.53. The Morgan fingerprint density at radius 3 is 2.33 bits per heavy atom. The molecular weight excluding hydrogens is 468 g/mol. The van der Waals surface area contributed by atoms with Gasteiger partial charge in [-0.2, -0.15) is 0 Å². The van der Waals surface area contributed by atoms with Gasteiger partial charge in [0.1, 0.15) is 0 Å². The molecule has 2 aliphatic carbocycles. The van der Waals surface area contributed by atoms with E-state index in [4.69, 9.17) is 11.6 Å². The van der Waals surface area contributed by atoms with Gasteiger partial charge in [0.05, 0.1) is 16.0 Å². The minimum Gasteiger partial charge on any atom is -0.345 e. The van der Waals surface area contributed by atoms with Crippen LogP contribution in [0.3, 0.4) is 0 Å². The first-order valence-electron chi connectivity index (χ1n) is 13.6. The lowest BCUT2D eigenvalue weighted by Gasteiger charge is -2.46. The van der Waals surface area contributed by atoms with Gasteiger partial charge in [0.15, 0.2) is 0 Å². The first-order chi connectivity index (χ1) is 17.2. The van der Waals surface area contributed by atoms with Crippen molar-refractivity contribution in [3.05, 3.63) is 70.2 Å². The molecule has 0 N–H and O–H groups in total. The van der Waals surface area contributed by atoms with Crippen molar-refractivity contribution >= 4 is 23.4 Å². The standard InChI is InChI=1S/C31H39ClN2O2/c1-22(18-23-10-11-26(27(32)20-23)28(35)33(2)3)19-25-21-30(25)14-16-34(17-15-30)29(36)31(12-7-13-31)24-8-5-4-6-9-24/h4-6,8-11,20,22,25H,7,12-19,21H2,1-3H3/t22?,25-/m1/s1. The number of rotatable bonds is 7. The highest BCUT2D eigenvalue weighted by atomic mass is 35.5. The van der Waals surface area contributed by atoms with Crippen molar-refractivity contribution in [1.29, 1.82) is 0 Å². The largest absolute Gasteiger partial charge is 0.345 e. The first-order valence-corrected chi connectivity index (χ1v) is 14.0. The zero-order valence-electron chi connectivity index (χ0n) is 21.9. The second kappa shape index (κ2) is 9.85. The summed E-state index contributed by atoms with van der Waals surface area (Å²) in [5.74, 6) is 1.64. The second-order valence-electron chi connectivity index (χ2n) is 11.9. The normalized spacial score (nSPS) is 22.6. The van der Waals surface area contributed by atoms with Crippen molar-refractivity contribution in [3.8, 4) is 0 Å². The number of carbonyl (C=O) groups is 2. The monoisotopic (exact) mass is 506 g/mol. The Morgan fingerprint density at radius 1 is 1.06 bits per heavy atom. The summed E-state index contributed by atoms with van der Waals surface area (Å²) in [6.07, 6.45) is 8.93. The Bertz CT molecular complexity index is 1120. The number of nitrogens with zero attached hydrogens (tertiary/aromatic N) is 2. The van der Waals surface area contributed by atoms with Gasteiger partial charge in [-0.05, 0) is 85.5 Å². The summed E-state index contributed by atoms with van der Waals surface area (Å²) >= 11 is 6.43. The average Bonchev–Trinajstić information content (AvgIpc) is 3.49. The lowest BCUT2D eigenvalue weighted by molar-refractivity contribution is -0.142. The van der Waals surface area contributed by atoms with Gasteiger partial charge in [-0.15, -0.1) is 0 Å². The molecule has 2 saturated carbocycles. The molecule has 192 valence electrons. The molecule has 5 rings (SSSR count). The van der Waals surface area contributed by atoms with Gasteiger partial charge in [0.2, 0.25) is 5.91 Å². The van der Waals surface area contributed by atoms with E-state index in [1.54, 1.807) is 19.0 Å². The van der Waals surface area contributed by atoms with Crippen LogP contribution in [0.5, 0.6) is 0 Å². The molecule has 5 heteroatoms. The second-order valence-corrected chi connectivity index (χ2v) is 12.3. The molecule has 2 amide bonds. The summed E-state index contributed by atoms with van der Waals surface area (Å²) in [4.78, 5) is 29.6.